The number of nitrogen functional groups attached to an aromatic ring is 1. The van der Waals surface area contributed by atoms with Crippen LogP contribution in [0.15, 0.2) is 41.1 Å². The molecule has 2 aromatic rings. The van der Waals surface area contributed by atoms with Crippen LogP contribution in [0.5, 0.6) is 0 Å². The lowest BCUT2D eigenvalue weighted by Crippen LogP contribution is -2.08. The van der Waals surface area contributed by atoms with E-state index >= 15 is 0 Å². The fourth-order valence-electron chi connectivity index (χ4n) is 1.75. The molecule has 1 heterocycles. The summed E-state index contributed by atoms with van der Waals surface area (Å²) in [4.78, 5) is 14.3. The van der Waals surface area contributed by atoms with E-state index in [0.717, 1.165) is 12.0 Å². The minimum absolute atomic E-state index is 0.0447. The van der Waals surface area contributed by atoms with Crippen molar-refractivity contribution in [3.8, 4) is 0 Å². The van der Waals surface area contributed by atoms with Gasteiger partial charge in [0.25, 0.3) is 0 Å². The van der Waals surface area contributed by atoms with Crippen LogP contribution < -0.4 is 11.1 Å². The summed E-state index contributed by atoms with van der Waals surface area (Å²) in [6.07, 6.45) is 3.50. The van der Waals surface area contributed by atoms with E-state index < -0.39 is 4.92 Å². The first-order valence-electron chi connectivity index (χ1n) is 5.94. The van der Waals surface area contributed by atoms with Gasteiger partial charge in [-0.1, -0.05) is 12.1 Å². The summed E-state index contributed by atoms with van der Waals surface area (Å²) < 4.78 is 0.573. The van der Waals surface area contributed by atoms with Gasteiger partial charge in [0.2, 0.25) is 0 Å². The fourth-order valence-corrected chi connectivity index (χ4v) is 2.22. The molecule has 6 nitrogen and oxygen atoms in total. The fraction of sp³-hybridized carbons (Fsp3) is 0.154. The average Bonchev–Trinajstić information content (AvgIpc) is 2.42. The van der Waals surface area contributed by atoms with Gasteiger partial charge in [-0.2, -0.15) is 0 Å². The Labute approximate surface area is 124 Å². The molecule has 0 atom stereocenters. The number of rotatable bonds is 5. The normalized spacial score (nSPS) is 10.2. The van der Waals surface area contributed by atoms with Crippen LogP contribution >= 0.6 is 15.9 Å². The van der Waals surface area contributed by atoms with E-state index in [1.54, 1.807) is 0 Å². The number of anilines is 2. The second-order valence-corrected chi connectivity index (χ2v) is 5.05. The standard InChI is InChI=1S/C13H13BrN4O2/c14-11-7-16-8-12(18(19)20)13(11)17-6-5-9-1-3-10(15)4-2-9/h1-4,7-8H,5-6,15H2,(H,16,17). The van der Waals surface area contributed by atoms with Gasteiger partial charge >= 0.3 is 5.69 Å². The van der Waals surface area contributed by atoms with Gasteiger partial charge in [-0.3, -0.25) is 15.1 Å². The van der Waals surface area contributed by atoms with Crippen molar-refractivity contribution < 1.29 is 4.92 Å². The Bertz CT molecular complexity index is 616. The number of nitrogens with one attached hydrogen (secondary N) is 1. The number of pyridine rings is 1. The van der Waals surface area contributed by atoms with Crippen molar-refractivity contribution in [2.45, 2.75) is 6.42 Å². The first-order chi connectivity index (χ1) is 9.58. The lowest BCUT2D eigenvalue weighted by Gasteiger charge is -2.08. The predicted octanol–water partition coefficient (Wildman–Crippen LogP) is 2.99. The van der Waals surface area contributed by atoms with Crippen molar-refractivity contribution in [3.05, 3.63) is 56.8 Å². The van der Waals surface area contributed by atoms with Crippen molar-refractivity contribution in [1.29, 1.82) is 0 Å². The molecule has 0 saturated carbocycles. The van der Waals surface area contributed by atoms with E-state index in [2.05, 4.69) is 26.2 Å². The summed E-state index contributed by atoms with van der Waals surface area (Å²) in [6.45, 7) is 0.577. The molecule has 0 aliphatic rings. The second-order valence-electron chi connectivity index (χ2n) is 4.19. The van der Waals surface area contributed by atoms with Crippen LogP contribution in [0.1, 0.15) is 5.56 Å². The molecule has 2 rings (SSSR count). The maximum atomic E-state index is 10.9. The van der Waals surface area contributed by atoms with Gasteiger partial charge in [0, 0.05) is 18.4 Å². The first kappa shape index (κ1) is 14.3. The molecular weight excluding hydrogens is 324 g/mol. The van der Waals surface area contributed by atoms with Crippen molar-refractivity contribution in [2.24, 2.45) is 0 Å². The summed E-state index contributed by atoms with van der Waals surface area (Å²) in [7, 11) is 0. The molecule has 0 amide bonds. The van der Waals surface area contributed by atoms with Crippen LogP contribution in [0.25, 0.3) is 0 Å². The quantitative estimate of drug-likeness (QED) is 0.497. The van der Waals surface area contributed by atoms with Crippen LogP contribution in [-0.4, -0.2) is 16.5 Å². The van der Waals surface area contributed by atoms with Gasteiger partial charge in [-0.25, -0.2) is 0 Å². The summed E-state index contributed by atoms with van der Waals surface area (Å²) >= 11 is 3.27. The summed E-state index contributed by atoms with van der Waals surface area (Å²) in [6, 6.07) is 7.54. The third kappa shape index (κ3) is 3.45. The smallest absolute Gasteiger partial charge is 0.311 e. The number of hydrogen-bond donors (Lipinski definition) is 2. The summed E-state index contributed by atoms with van der Waals surface area (Å²) in [5.74, 6) is 0. The summed E-state index contributed by atoms with van der Waals surface area (Å²) in [5, 5.41) is 14.0. The minimum Gasteiger partial charge on any atom is -0.399 e. The first-order valence-corrected chi connectivity index (χ1v) is 6.73. The van der Waals surface area contributed by atoms with E-state index in [1.165, 1.54) is 12.4 Å². The number of benzene rings is 1. The Morgan fingerprint density at radius 2 is 2.00 bits per heavy atom. The Hall–Kier alpha value is -2.15. The molecule has 0 aliphatic heterocycles. The Kier molecular flexibility index (Phi) is 4.52. The van der Waals surface area contributed by atoms with Crippen LogP contribution in [0.4, 0.5) is 17.1 Å². The Balaban J connectivity index is 2.04. The summed E-state index contributed by atoms with van der Waals surface area (Å²) in [5.41, 5.74) is 7.84. The molecule has 0 unspecified atom stereocenters. The van der Waals surface area contributed by atoms with E-state index in [4.69, 9.17) is 5.73 Å². The van der Waals surface area contributed by atoms with Gasteiger partial charge in [0.1, 0.15) is 11.9 Å². The molecule has 0 fully saturated rings. The Morgan fingerprint density at radius 1 is 1.30 bits per heavy atom. The van der Waals surface area contributed by atoms with Gasteiger partial charge < -0.3 is 11.1 Å². The molecule has 104 valence electrons. The molecule has 1 aromatic carbocycles. The van der Waals surface area contributed by atoms with Gasteiger partial charge in [0.05, 0.1) is 9.40 Å². The lowest BCUT2D eigenvalue weighted by molar-refractivity contribution is -0.384. The molecule has 0 aliphatic carbocycles. The number of nitrogens with zero attached hydrogens (tertiary/aromatic N) is 2. The molecule has 0 bridgehead atoms. The number of nitrogens with two attached hydrogens (primary N) is 1. The van der Waals surface area contributed by atoms with E-state index in [9.17, 15) is 10.1 Å². The number of aromatic nitrogens is 1. The third-order valence-electron chi connectivity index (χ3n) is 2.77. The van der Waals surface area contributed by atoms with Crippen LogP contribution in [0.2, 0.25) is 0 Å². The van der Waals surface area contributed by atoms with Crippen molar-refractivity contribution in [3.63, 3.8) is 0 Å². The molecule has 20 heavy (non-hydrogen) atoms. The highest BCUT2D eigenvalue weighted by atomic mass is 79.9. The van der Waals surface area contributed by atoms with Crippen LogP contribution in [0.3, 0.4) is 0 Å². The van der Waals surface area contributed by atoms with E-state index in [1.807, 2.05) is 24.3 Å². The maximum Gasteiger partial charge on any atom is 0.311 e. The largest absolute Gasteiger partial charge is 0.399 e. The second kappa shape index (κ2) is 6.33. The molecular formula is C13H13BrN4O2. The molecule has 0 spiro atoms. The number of hydrogen-bond acceptors (Lipinski definition) is 5. The average molecular weight is 337 g/mol. The zero-order valence-electron chi connectivity index (χ0n) is 10.5. The number of nitro groups is 1. The molecule has 7 heteroatoms. The van der Waals surface area contributed by atoms with Crippen molar-refractivity contribution in [1.82, 2.24) is 4.98 Å². The van der Waals surface area contributed by atoms with Gasteiger partial charge in [0.15, 0.2) is 0 Å². The zero-order valence-corrected chi connectivity index (χ0v) is 12.1. The van der Waals surface area contributed by atoms with E-state index in [-0.39, 0.29) is 5.69 Å². The molecule has 1 aromatic heterocycles. The molecule has 3 N–H and O–H groups in total. The maximum absolute atomic E-state index is 10.9. The van der Waals surface area contributed by atoms with Gasteiger partial charge in [-0.05, 0) is 40.0 Å². The SMILES string of the molecule is Nc1ccc(CCNc2c(Br)cncc2[N+](=O)[O-])cc1. The third-order valence-corrected chi connectivity index (χ3v) is 3.37. The molecule has 0 radical (unpaired) electrons. The topological polar surface area (TPSA) is 94.1 Å². The van der Waals surface area contributed by atoms with Crippen LogP contribution in [-0.2, 0) is 6.42 Å². The number of halogens is 1. The molecule has 0 saturated heterocycles. The van der Waals surface area contributed by atoms with Crippen LogP contribution in [0, 0.1) is 10.1 Å². The lowest BCUT2D eigenvalue weighted by atomic mass is 10.1. The van der Waals surface area contributed by atoms with Crippen molar-refractivity contribution in [2.75, 3.05) is 17.6 Å². The predicted molar refractivity (Wildman–Crippen MR) is 81.6 cm³/mol. The van der Waals surface area contributed by atoms with E-state index in [0.29, 0.717) is 22.4 Å². The minimum atomic E-state index is -0.455. The zero-order chi connectivity index (χ0) is 14.5. The highest BCUT2D eigenvalue weighted by Crippen LogP contribution is 2.30. The Morgan fingerprint density at radius 3 is 2.65 bits per heavy atom. The monoisotopic (exact) mass is 336 g/mol. The highest BCUT2D eigenvalue weighted by molar-refractivity contribution is 9.10. The van der Waals surface area contributed by atoms with Gasteiger partial charge in [-0.15, -0.1) is 0 Å². The highest BCUT2D eigenvalue weighted by Gasteiger charge is 2.16. The van der Waals surface area contributed by atoms with Crippen molar-refractivity contribution >= 4 is 33.0 Å².